The summed E-state index contributed by atoms with van der Waals surface area (Å²) in [6.07, 6.45) is 0.385. The van der Waals surface area contributed by atoms with E-state index in [0.717, 1.165) is 6.42 Å². The maximum atomic E-state index is 11.5. The number of hydrogen-bond acceptors (Lipinski definition) is 5. The molecule has 0 spiro atoms. The van der Waals surface area contributed by atoms with E-state index < -0.39 is 34.0 Å². The standard InChI is InChI=1S/C11H19NO5S/c1-7-2-3-12(8(4-7)11(14)15)9-5-18(16,17)6-10(9)13/h7-10,13H,2-6H2,1H3,(H,14,15). The van der Waals surface area contributed by atoms with Crippen LogP contribution < -0.4 is 0 Å². The van der Waals surface area contributed by atoms with Gasteiger partial charge in [0.05, 0.1) is 23.7 Å². The van der Waals surface area contributed by atoms with Crippen molar-refractivity contribution in [3.8, 4) is 0 Å². The smallest absolute Gasteiger partial charge is 0.320 e. The molecule has 4 unspecified atom stereocenters. The number of nitrogens with zero attached hydrogens (tertiary/aromatic N) is 1. The van der Waals surface area contributed by atoms with Gasteiger partial charge >= 0.3 is 5.97 Å². The first-order valence-electron chi connectivity index (χ1n) is 6.17. The van der Waals surface area contributed by atoms with Crippen LogP contribution in [0.15, 0.2) is 0 Å². The highest BCUT2D eigenvalue weighted by atomic mass is 32.2. The topological polar surface area (TPSA) is 94.9 Å². The van der Waals surface area contributed by atoms with Crippen LogP contribution in [0, 0.1) is 5.92 Å². The molecule has 0 bridgehead atoms. The molecular weight excluding hydrogens is 258 g/mol. The molecule has 2 fully saturated rings. The summed E-state index contributed by atoms with van der Waals surface area (Å²) in [4.78, 5) is 12.9. The molecule has 0 saturated carbocycles. The van der Waals surface area contributed by atoms with Gasteiger partial charge in [0.1, 0.15) is 6.04 Å². The number of carboxylic acid groups (broad SMARTS) is 1. The van der Waals surface area contributed by atoms with Crippen LogP contribution in [0.3, 0.4) is 0 Å². The zero-order valence-corrected chi connectivity index (χ0v) is 11.1. The van der Waals surface area contributed by atoms with Gasteiger partial charge in [0, 0.05) is 0 Å². The summed E-state index contributed by atoms with van der Waals surface area (Å²) in [5.41, 5.74) is 0. The van der Waals surface area contributed by atoms with Gasteiger partial charge in [-0.15, -0.1) is 0 Å². The molecule has 0 aliphatic carbocycles. The van der Waals surface area contributed by atoms with Gasteiger partial charge in [0.15, 0.2) is 9.84 Å². The average molecular weight is 277 g/mol. The zero-order valence-electron chi connectivity index (χ0n) is 10.3. The van der Waals surface area contributed by atoms with E-state index in [4.69, 9.17) is 0 Å². The van der Waals surface area contributed by atoms with E-state index in [1.54, 1.807) is 4.90 Å². The van der Waals surface area contributed by atoms with Gasteiger partial charge in [-0.1, -0.05) is 6.92 Å². The number of likely N-dealkylation sites (tertiary alicyclic amines) is 1. The Hall–Kier alpha value is -0.660. The van der Waals surface area contributed by atoms with Crippen LogP contribution in [-0.4, -0.2) is 65.7 Å². The van der Waals surface area contributed by atoms with Crippen molar-refractivity contribution < 1.29 is 23.4 Å². The molecule has 2 aliphatic heterocycles. The van der Waals surface area contributed by atoms with Crippen molar-refractivity contribution in [2.45, 2.75) is 38.0 Å². The second-order valence-electron chi connectivity index (χ2n) is 5.43. The summed E-state index contributed by atoms with van der Waals surface area (Å²) in [7, 11) is -3.24. The van der Waals surface area contributed by atoms with Crippen LogP contribution in [0.4, 0.5) is 0 Å². The molecule has 6 nitrogen and oxygen atoms in total. The predicted octanol–water partition coefficient (Wildman–Crippen LogP) is -0.671. The van der Waals surface area contributed by atoms with Gasteiger partial charge in [0.25, 0.3) is 0 Å². The molecule has 0 amide bonds. The fourth-order valence-electron chi connectivity index (χ4n) is 2.93. The number of aliphatic hydroxyl groups excluding tert-OH is 1. The molecule has 2 aliphatic rings. The fraction of sp³-hybridized carbons (Fsp3) is 0.909. The van der Waals surface area contributed by atoms with E-state index >= 15 is 0 Å². The Morgan fingerprint density at radius 3 is 2.50 bits per heavy atom. The van der Waals surface area contributed by atoms with E-state index in [2.05, 4.69) is 0 Å². The number of sulfone groups is 1. The summed E-state index contributed by atoms with van der Waals surface area (Å²) in [5, 5.41) is 19.1. The molecule has 0 radical (unpaired) electrons. The molecule has 0 aromatic heterocycles. The molecule has 18 heavy (non-hydrogen) atoms. The van der Waals surface area contributed by atoms with Crippen LogP contribution in [0.2, 0.25) is 0 Å². The van der Waals surface area contributed by atoms with Gasteiger partial charge in [0.2, 0.25) is 0 Å². The number of hydrogen-bond donors (Lipinski definition) is 2. The van der Waals surface area contributed by atoms with E-state index in [1.807, 2.05) is 6.92 Å². The summed E-state index contributed by atoms with van der Waals surface area (Å²) < 4.78 is 23.0. The highest BCUT2D eigenvalue weighted by Crippen LogP contribution is 2.29. The first-order chi connectivity index (χ1) is 8.30. The predicted molar refractivity (Wildman–Crippen MR) is 65.0 cm³/mol. The Balaban J connectivity index is 2.18. The van der Waals surface area contributed by atoms with Crippen LogP contribution in [0.5, 0.6) is 0 Å². The third-order valence-electron chi connectivity index (χ3n) is 3.91. The summed E-state index contributed by atoms with van der Waals surface area (Å²) in [6.45, 7) is 2.53. The van der Waals surface area contributed by atoms with E-state index in [-0.39, 0.29) is 11.5 Å². The summed E-state index contributed by atoms with van der Waals surface area (Å²) in [5.74, 6) is -1.00. The number of carbonyl (C=O) groups is 1. The average Bonchev–Trinajstić information content (AvgIpc) is 2.52. The molecular formula is C11H19NO5S. The molecule has 7 heteroatoms. The van der Waals surface area contributed by atoms with Crippen molar-refractivity contribution in [3.63, 3.8) is 0 Å². The first kappa shape index (κ1) is 13.8. The second-order valence-corrected chi connectivity index (χ2v) is 7.59. The lowest BCUT2D eigenvalue weighted by atomic mass is 9.90. The highest BCUT2D eigenvalue weighted by Gasteiger charge is 2.45. The van der Waals surface area contributed by atoms with Gasteiger partial charge in [-0.25, -0.2) is 8.42 Å². The Kier molecular flexibility index (Phi) is 3.66. The fourth-order valence-corrected chi connectivity index (χ4v) is 4.74. The van der Waals surface area contributed by atoms with E-state index in [0.29, 0.717) is 18.9 Å². The number of aliphatic hydroxyl groups is 1. The monoisotopic (exact) mass is 277 g/mol. The van der Waals surface area contributed by atoms with Crippen molar-refractivity contribution in [2.24, 2.45) is 5.92 Å². The van der Waals surface area contributed by atoms with Crippen molar-refractivity contribution >= 4 is 15.8 Å². The third kappa shape index (κ3) is 2.67. The second kappa shape index (κ2) is 4.79. The van der Waals surface area contributed by atoms with Gasteiger partial charge in [-0.05, 0) is 25.3 Å². The number of carboxylic acids is 1. The van der Waals surface area contributed by atoms with Crippen molar-refractivity contribution in [2.75, 3.05) is 18.1 Å². The highest BCUT2D eigenvalue weighted by molar-refractivity contribution is 7.91. The maximum absolute atomic E-state index is 11.5. The van der Waals surface area contributed by atoms with Crippen molar-refractivity contribution in [1.29, 1.82) is 0 Å². The Labute approximate surface area is 107 Å². The largest absolute Gasteiger partial charge is 0.480 e. The van der Waals surface area contributed by atoms with Crippen LogP contribution >= 0.6 is 0 Å². The van der Waals surface area contributed by atoms with E-state index in [9.17, 15) is 23.4 Å². The Morgan fingerprint density at radius 1 is 1.33 bits per heavy atom. The third-order valence-corrected chi connectivity index (χ3v) is 5.61. The molecule has 2 rings (SSSR count). The molecule has 0 aromatic carbocycles. The number of rotatable bonds is 2. The Bertz CT molecular complexity index is 435. The lowest BCUT2D eigenvalue weighted by molar-refractivity contribution is -0.147. The van der Waals surface area contributed by atoms with E-state index in [1.165, 1.54) is 0 Å². The molecule has 2 heterocycles. The number of aliphatic carboxylic acids is 1. The van der Waals surface area contributed by atoms with Gasteiger partial charge in [-0.3, -0.25) is 9.69 Å². The van der Waals surface area contributed by atoms with Crippen molar-refractivity contribution in [1.82, 2.24) is 4.90 Å². The molecule has 104 valence electrons. The minimum absolute atomic E-state index is 0.133. The SMILES string of the molecule is CC1CCN(C2CS(=O)(=O)CC2O)C(C(=O)O)C1. The summed E-state index contributed by atoms with van der Waals surface area (Å²) >= 11 is 0. The molecule has 2 N–H and O–H groups in total. The lowest BCUT2D eigenvalue weighted by Gasteiger charge is -2.40. The minimum Gasteiger partial charge on any atom is -0.480 e. The van der Waals surface area contributed by atoms with Crippen molar-refractivity contribution in [3.05, 3.63) is 0 Å². The maximum Gasteiger partial charge on any atom is 0.320 e. The summed E-state index contributed by atoms with van der Waals surface area (Å²) in [6, 6.07) is -1.25. The molecule has 2 saturated heterocycles. The minimum atomic E-state index is -3.24. The van der Waals surface area contributed by atoms with Gasteiger partial charge < -0.3 is 10.2 Å². The normalized spacial score (nSPS) is 40.8. The zero-order chi connectivity index (χ0) is 13.5. The first-order valence-corrected chi connectivity index (χ1v) is 7.99. The van der Waals surface area contributed by atoms with Crippen LogP contribution in [0.1, 0.15) is 19.8 Å². The lowest BCUT2D eigenvalue weighted by Crippen LogP contribution is -2.55. The quantitative estimate of drug-likeness (QED) is 0.695. The van der Waals surface area contributed by atoms with Crippen LogP contribution in [-0.2, 0) is 14.6 Å². The Morgan fingerprint density at radius 2 is 2.00 bits per heavy atom. The molecule has 4 atom stereocenters. The van der Waals surface area contributed by atoms with Crippen LogP contribution in [0.25, 0.3) is 0 Å². The number of piperidine rings is 1. The molecule has 0 aromatic rings. The van der Waals surface area contributed by atoms with Gasteiger partial charge in [-0.2, -0.15) is 0 Å².